The van der Waals surface area contributed by atoms with Gasteiger partial charge in [0.1, 0.15) is 11.9 Å². The predicted molar refractivity (Wildman–Crippen MR) is 109 cm³/mol. The Labute approximate surface area is 166 Å². The summed E-state index contributed by atoms with van der Waals surface area (Å²) in [7, 11) is -1.11. The van der Waals surface area contributed by atoms with Crippen LogP contribution in [0.1, 0.15) is 18.4 Å². The Morgan fingerprint density at radius 1 is 1.07 bits per heavy atom. The minimum atomic E-state index is -3.23. The number of piperidine rings is 1. The largest absolute Gasteiger partial charge is 0.490 e. The second kappa shape index (κ2) is 8.75. The molecular weight excluding hydrogens is 376 g/mol. The lowest BCUT2D eigenvalue weighted by molar-refractivity contribution is -0.115. The van der Waals surface area contributed by atoms with Crippen molar-refractivity contribution in [2.75, 3.05) is 31.7 Å². The third-order valence-corrected chi connectivity index (χ3v) is 5.95. The van der Waals surface area contributed by atoms with E-state index in [4.69, 9.17) is 4.74 Å². The molecule has 0 spiro atoms. The summed E-state index contributed by atoms with van der Waals surface area (Å²) in [6.45, 7) is 2.09. The molecule has 6 nitrogen and oxygen atoms in total. The molecule has 1 N–H and O–H groups in total. The Hall–Kier alpha value is -2.38. The van der Waals surface area contributed by atoms with Crippen molar-refractivity contribution in [1.82, 2.24) is 4.90 Å². The van der Waals surface area contributed by atoms with E-state index in [1.54, 1.807) is 12.1 Å². The van der Waals surface area contributed by atoms with Gasteiger partial charge in [0.25, 0.3) is 0 Å². The molecule has 1 fully saturated rings. The van der Waals surface area contributed by atoms with Crippen LogP contribution in [-0.4, -0.2) is 51.7 Å². The van der Waals surface area contributed by atoms with E-state index in [0.29, 0.717) is 5.69 Å². The number of rotatable bonds is 6. The van der Waals surface area contributed by atoms with Crippen LogP contribution in [-0.2, 0) is 21.1 Å². The summed E-state index contributed by atoms with van der Waals surface area (Å²) in [4.78, 5) is 14.8. The summed E-state index contributed by atoms with van der Waals surface area (Å²) < 4.78 is 29.0. The molecule has 1 aliphatic heterocycles. The number of hydrogen-bond acceptors (Lipinski definition) is 5. The molecule has 2 aromatic rings. The van der Waals surface area contributed by atoms with Gasteiger partial charge in [-0.2, -0.15) is 0 Å². The van der Waals surface area contributed by atoms with E-state index in [1.165, 1.54) is 12.1 Å². The first-order chi connectivity index (χ1) is 13.3. The van der Waals surface area contributed by atoms with E-state index in [9.17, 15) is 13.2 Å². The Balaban J connectivity index is 1.51. The molecule has 1 amide bonds. The maximum Gasteiger partial charge on any atom is 0.228 e. The van der Waals surface area contributed by atoms with E-state index in [-0.39, 0.29) is 23.3 Å². The number of ether oxygens (including phenoxy) is 1. The van der Waals surface area contributed by atoms with Gasteiger partial charge in [0.15, 0.2) is 9.84 Å². The molecule has 1 heterocycles. The molecule has 0 aromatic heterocycles. The molecule has 3 rings (SSSR count). The molecular formula is C21H26N2O4S. The van der Waals surface area contributed by atoms with E-state index in [1.807, 2.05) is 24.3 Å². The van der Waals surface area contributed by atoms with Gasteiger partial charge in [0.05, 0.1) is 11.3 Å². The topological polar surface area (TPSA) is 75.7 Å². The van der Waals surface area contributed by atoms with Crippen molar-refractivity contribution in [3.8, 4) is 5.75 Å². The van der Waals surface area contributed by atoms with Crippen molar-refractivity contribution in [1.29, 1.82) is 0 Å². The molecule has 150 valence electrons. The van der Waals surface area contributed by atoms with Crippen molar-refractivity contribution in [3.63, 3.8) is 0 Å². The number of hydrogen-bond donors (Lipinski definition) is 1. The first kappa shape index (κ1) is 20.4. The monoisotopic (exact) mass is 402 g/mol. The lowest BCUT2D eigenvalue weighted by atomic mass is 10.1. The molecule has 28 heavy (non-hydrogen) atoms. The van der Waals surface area contributed by atoms with Gasteiger partial charge in [-0.25, -0.2) is 8.42 Å². The van der Waals surface area contributed by atoms with Crippen LogP contribution in [0.2, 0.25) is 0 Å². The minimum Gasteiger partial charge on any atom is -0.490 e. The van der Waals surface area contributed by atoms with Gasteiger partial charge in [-0.3, -0.25) is 4.79 Å². The third-order valence-electron chi connectivity index (χ3n) is 4.82. The zero-order valence-corrected chi connectivity index (χ0v) is 17.0. The van der Waals surface area contributed by atoms with Crippen molar-refractivity contribution in [2.24, 2.45) is 0 Å². The van der Waals surface area contributed by atoms with Gasteiger partial charge in [0, 0.05) is 25.0 Å². The highest BCUT2D eigenvalue weighted by atomic mass is 32.2. The number of carbonyl (C=O) groups excluding carboxylic acids is 1. The Morgan fingerprint density at radius 2 is 1.68 bits per heavy atom. The number of nitrogens with one attached hydrogen (secondary N) is 1. The first-order valence-corrected chi connectivity index (χ1v) is 11.2. The molecule has 0 saturated carbocycles. The zero-order chi connectivity index (χ0) is 20.1. The summed E-state index contributed by atoms with van der Waals surface area (Å²) >= 11 is 0. The van der Waals surface area contributed by atoms with Gasteiger partial charge >= 0.3 is 0 Å². The van der Waals surface area contributed by atoms with Gasteiger partial charge in [-0.1, -0.05) is 12.1 Å². The van der Waals surface area contributed by atoms with Gasteiger partial charge in [-0.05, 0) is 61.9 Å². The molecule has 7 heteroatoms. The number of anilines is 1. The number of sulfone groups is 1. The lowest BCUT2D eigenvalue weighted by Crippen LogP contribution is -2.35. The van der Waals surface area contributed by atoms with E-state index in [2.05, 4.69) is 17.3 Å². The van der Waals surface area contributed by atoms with Crippen LogP contribution in [0.4, 0.5) is 5.69 Å². The summed E-state index contributed by atoms with van der Waals surface area (Å²) in [5.74, 6) is 0.653. The average Bonchev–Trinajstić information content (AvgIpc) is 2.65. The first-order valence-electron chi connectivity index (χ1n) is 9.34. The van der Waals surface area contributed by atoms with Crippen molar-refractivity contribution in [3.05, 3.63) is 54.1 Å². The molecule has 1 saturated heterocycles. The predicted octanol–water partition coefficient (Wildman–Crippen LogP) is 2.74. The number of benzene rings is 2. The van der Waals surface area contributed by atoms with Gasteiger partial charge in [0.2, 0.25) is 5.91 Å². The Kier molecular flexibility index (Phi) is 6.36. The quantitative estimate of drug-likeness (QED) is 0.804. The number of nitrogens with zero attached hydrogens (tertiary/aromatic N) is 1. The highest BCUT2D eigenvalue weighted by Gasteiger charge is 2.18. The molecule has 0 radical (unpaired) electrons. The zero-order valence-electron chi connectivity index (χ0n) is 16.2. The standard InChI is InChI=1S/C21H26N2O4S/c1-23-13-11-19(12-14-23)27-18-7-5-17(6-8-18)22-21(24)15-16-3-9-20(10-4-16)28(2,25)26/h3-10,19H,11-15H2,1-2H3,(H,22,24). The van der Waals surface area contributed by atoms with Crippen LogP contribution in [0.3, 0.4) is 0 Å². The highest BCUT2D eigenvalue weighted by molar-refractivity contribution is 7.90. The minimum absolute atomic E-state index is 0.156. The molecule has 0 unspecified atom stereocenters. The summed E-state index contributed by atoms with van der Waals surface area (Å²) in [5.41, 5.74) is 1.46. The molecule has 2 aromatic carbocycles. The van der Waals surface area contributed by atoms with E-state index < -0.39 is 9.84 Å². The Bertz CT molecular complexity index is 900. The van der Waals surface area contributed by atoms with E-state index >= 15 is 0 Å². The number of carbonyl (C=O) groups is 1. The van der Waals surface area contributed by atoms with Crippen LogP contribution in [0.25, 0.3) is 0 Å². The van der Waals surface area contributed by atoms with Crippen LogP contribution < -0.4 is 10.1 Å². The average molecular weight is 403 g/mol. The molecule has 1 aliphatic rings. The fraction of sp³-hybridized carbons (Fsp3) is 0.381. The van der Waals surface area contributed by atoms with Gasteiger partial charge in [-0.15, -0.1) is 0 Å². The van der Waals surface area contributed by atoms with Gasteiger partial charge < -0.3 is 15.0 Å². The van der Waals surface area contributed by atoms with E-state index in [0.717, 1.165) is 43.5 Å². The molecule has 0 aliphatic carbocycles. The van der Waals surface area contributed by atoms with Crippen LogP contribution in [0, 0.1) is 0 Å². The SMILES string of the molecule is CN1CCC(Oc2ccc(NC(=O)Cc3ccc(S(C)(=O)=O)cc3)cc2)CC1. The van der Waals surface area contributed by atoms with Crippen molar-refractivity contribution in [2.45, 2.75) is 30.3 Å². The molecule has 0 atom stereocenters. The normalized spacial score (nSPS) is 15.9. The maximum atomic E-state index is 12.2. The van der Waals surface area contributed by atoms with Crippen LogP contribution >= 0.6 is 0 Å². The fourth-order valence-electron chi connectivity index (χ4n) is 3.16. The summed E-state index contributed by atoms with van der Waals surface area (Å²) in [6.07, 6.45) is 3.62. The Morgan fingerprint density at radius 3 is 2.25 bits per heavy atom. The number of likely N-dealkylation sites (tertiary alicyclic amines) is 1. The third kappa shape index (κ3) is 5.81. The smallest absolute Gasteiger partial charge is 0.228 e. The summed E-state index contributed by atoms with van der Waals surface area (Å²) in [5, 5.41) is 2.85. The number of amides is 1. The maximum absolute atomic E-state index is 12.2. The van der Waals surface area contributed by atoms with Crippen LogP contribution in [0.15, 0.2) is 53.4 Å². The van der Waals surface area contributed by atoms with Crippen LogP contribution in [0.5, 0.6) is 5.75 Å². The second-order valence-electron chi connectivity index (χ2n) is 7.29. The fourth-order valence-corrected chi connectivity index (χ4v) is 3.79. The second-order valence-corrected chi connectivity index (χ2v) is 9.30. The highest BCUT2D eigenvalue weighted by Crippen LogP contribution is 2.21. The lowest BCUT2D eigenvalue weighted by Gasteiger charge is -2.29. The van der Waals surface area contributed by atoms with Crippen molar-refractivity contribution >= 4 is 21.4 Å². The molecule has 0 bridgehead atoms. The van der Waals surface area contributed by atoms with Crippen molar-refractivity contribution < 1.29 is 17.9 Å². The summed E-state index contributed by atoms with van der Waals surface area (Å²) in [6, 6.07) is 13.8.